The van der Waals surface area contributed by atoms with E-state index in [0.717, 1.165) is 0 Å². The third-order valence-electron chi connectivity index (χ3n) is 3.17. The Kier molecular flexibility index (Phi) is 3.93. The van der Waals surface area contributed by atoms with Gasteiger partial charge in [-0.3, -0.25) is 19.6 Å². The van der Waals surface area contributed by atoms with Crippen molar-refractivity contribution >= 4 is 11.5 Å². The van der Waals surface area contributed by atoms with E-state index in [2.05, 4.69) is 5.10 Å². The number of Topliss-reactive ketones (excluding diaryl/α,β-unsaturated/α-hetero) is 1. The molecule has 0 aliphatic rings. The third kappa shape index (κ3) is 2.74. The summed E-state index contributed by atoms with van der Waals surface area (Å²) in [4.78, 5) is 22.4. The highest BCUT2D eigenvalue weighted by Crippen LogP contribution is 2.22. The highest BCUT2D eigenvalue weighted by atomic mass is 16.6. The number of carbonyl (C=O) groups excluding carboxylic acids is 1. The lowest BCUT2D eigenvalue weighted by molar-refractivity contribution is -0.386. The molecule has 2 rings (SSSR count). The quantitative estimate of drug-likeness (QED) is 0.476. The predicted octanol–water partition coefficient (Wildman–Crippen LogP) is 2.68. The number of rotatable bonds is 5. The van der Waals surface area contributed by atoms with Gasteiger partial charge in [-0.1, -0.05) is 30.3 Å². The van der Waals surface area contributed by atoms with Gasteiger partial charge in [0.15, 0.2) is 5.78 Å². The number of nitrogens with zero attached hydrogens (tertiary/aromatic N) is 3. The molecule has 0 unspecified atom stereocenters. The highest BCUT2D eigenvalue weighted by molar-refractivity contribution is 5.95. The normalized spacial score (nSPS) is 10.5. The molecule has 20 heavy (non-hydrogen) atoms. The van der Waals surface area contributed by atoms with E-state index >= 15 is 0 Å². The predicted molar refractivity (Wildman–Crippen MR) is 73.7 cm³/mol. The van der Waals surface area contributed by atoms with Crippen molar-refractivity contribution in [1.29, 1.82) is 0 Å². The summed E-state index contributed by atoms with van der Waals surface area (Å²) >= 11 is 0. The van der Waals surface area contributed by atoms with Crippen LogP contribution in [-0.4, -0.2) is 20.5 Å². The van der Waals surface area contributed by atoms with Crippen molar-refractivity contribution in [3.05, 3.63) is 57.4 Å². The minimum atomic E-state index is -0.437. The van der Waals surface area contributed by atoms with E-state index < -0.39 is 4.92 Å². The largest absolute Gasteiger partial charge is 0.312 e. The average Bonchev–Trinajstić information content (AvgIpc) is 2.71. The van der Waals surface area contributed by atoms with E-state index in [4.69, 9.17) is 0 Å². The number of hydrogen-bond donors (Lipinski definition) is 0. The molecule has 0 amide bonds. The summed E-state index contributed by atoms with van der Waals surface area (Å²) in [6, 6.07) is 8.97. The molecule has 0 atom stereocenters. The number of hydrogen-bond acceptors (Lipinski definition) is 4. The fourth-order valence-electron chi connectivity index (χ4n) is 2.15. The number of carbonyl (C=O) groups is 1. The summed E-state index contributed by atoms with van der Waals surface area (Å²) in [5.41, 5.74) is 1.52. The van der Waals surface area contributed by atoms with Crippen LogP contribution in [0.3, 0.4) is 0 Å². The summed E-state index contributed by atoms with van der Waals surface area (Å²) in [6.07, 6.45) is 0.267. The van der Waals surface area contributed by atoms with Crippen molar-refractivity contribution < 1.29 is 9.72 Å². The first kappa shape index (κ1) is 13.9. The Balaban J connectivity index is 2.11. The fourth-order valence-corrected chi connectivity index (χ4v) is 2.15. The van der Waals surface area contributed by atoms with E-state index in [-0.39, 0.29) is 17.9 Å². The van der Waals surface area contributed by atoms with Crippen LogP contribution in [0, 0.1) is 24.0 Å². The molecule has 104 valence electrons. The first-order chi connectivity index (χ1) is 9.50. The zero-order chi connectivity index (χ0) is 14.7. The zero-order valence-electron chi connectivity index (χ0n) is 11.4. The van der Waals surface area contributed by atoms with Crippen LogP contribution in [0.15, 0.2) is 30.3 Å². The maximum absolute atomic E-state index is 12.0. The van der Waals surface area contributed by atoms with Gasteiger partial charge in [-0.25, -0.2) is 0 Å². The van der Waals surface area contributed by atoms with Crippen LogP contribution in [0.25, 0.3) is 0 Å². The Hall–Kier alpha value is -2.50. The SMILES string of the molecule is Cc1nn(CCC(=O)c2ccccc2)c(C)c1[N+](=O)[O-]. The van der Waals surface area contributed by atoms with Crippen molar-refractivity contribution in [3.63, 3.8) is 0 Å². The smallest absolute Gasteiger partial charge is 0.294 e. The first-order valence-corrected chi connectivity index (χ1v) is 6.27. The van der Waals surface area contributed by atoms with Crippen molar-refractivity contribution in [1.82, 2.24) is 9.78 Å². The molecule has 2 aromatic rings. The second-order valence-electron chi connectivity index (χ2n) is 4.54. The lowest BCUT2D eigenvalue weighted by Gasteiger charge is -2.03. The summed E-state index contributed by atoms with van der Waals surface area (Å²) in [7, 11) is 0. The van der Waals surface area contributed by atoms with Gasteiger partial charge in [0.05, 0.1) is 4.92 Å². The van der Waals surface area contributed by atoms with Gasteiger partial charge < -0.3 is 0 Å². The van der Waals surface area contributed by atoms with Crippen LogP contribution < -0.4 is 0 Å². The number of benzene rings is 1. The molecule has 0 spiro atoms. The second-order valence-corrected chi connectivity index (χ2v) is 4.54. The minimum absolute atomic E-state index is 0.000746. The van der Waals surface area contributed by atoms with Gasteiger partial charge in [0.25, 0.3) is 0 Å². The van der Waals surface area contributed by atoms with Crippen LogP contribution in [0.5, 0.6) is 0 Å². The Morgan fingerprint density at radius 2 is 1.95 bits per heavy atom. The van der Waals surface area contributed by atoms with E-state index in [1.165, 1.54) is 4.68 Å². The Morgan fingerprint density at radius 1 is 1.30 bits per heavy atom. The van der Waals surface area contributed by atoms with Gasteiger partial charge in [-0.05, 0) is 13.8 Å². The Labute approximate surface area is 116 Å². The minimum Gasteiger partial charge on any atom is -0.294 e. The molecule has 6 nitrogen and oxygen atoms in total. The van der Waals surface area contributed by atoms with Gasteiger partial charge in [-0.2, -0.15) is 5.10 Å². The molecular weight excluding hydrogens is 258 g/mol. The first-order valence-electron chi connectivity index (χ1n) is 6.27. The van der Waals surface area contributed by atoms with E-state index in [9.17, 15) is 14.9 Å². The molecule has 6 heteroatoms. The van der Waals surface area contributed by atoms with Crippen LogP contribution in [0.1, 0.15) is 28.2 Å². The summed E-state index contributed by atoms with van der Waals surface area (Å²) < 4.78 is 1.52. The molecule has 0 aliphatic heterocycles. The van der Waals surface area contributed by atoms with E-state index in [1.807, 2.05) is 6.07 Å². The zero-order valence-corrected chi connectivity index (χ0v) is 11.4. The Bertz CT molecular complexity index is 647. The lowest BCUT2D eigenvalue weighted by atomic mass is 10.1. The highest BCUT2D eigenvalue weighted by Gasteiger charge is 2.21. The molecule has 0 bridgehead atoms. The van der Waals surface area contributed by atoms with Gasteiger partial charge in [0.1, 0.15) is 11.4 Å². The molecule has 1 heterocycles. The monoisotopic (exact) mass is 273 g/mol. The number of aromatic nitrogens is 2. The number of nitro groups is 1. The van der Waals surface area contributed by atoms with Gasteiger partial charge in [-0.15, -0.1) is 0 Å². The van der Waals surface area contributed by atoms with Crippen molar-refractivity contribution in [2.45, 2.75) is 26.8 Å². The molecule has 0 saturated carbocycles. The maximum Gasteiger partial charge on any atom is 0.312 e. The number of ketones is 1. The van der Waals surface area contributed by atoms with Gasteiger partial charge in [0.2, 0.25) is 0 Å². The average molecular weight is 273 g/mol. The fraction of sp³-hybridized carbons (Fsp3) is 0.286. The standard InChI is InChI=1S/C14H15N3O3/c1-10-14(17(19)20)11(2)16(15-10)9-8-13(18)12-6-4-3-5-7-12/h3-7H,8-9H2,1-2H3. The summed E-state index contributed by atoms with van der Waals surface area (Å²) in [5, 5.41) is 15.0. The maximum atomic E-state index is 12.0. The molecule has 0 saturated heterocycles. The molecule has 0 fully saturated rings. The molecule has 0 radical (unpaired) electrons. The molecule has 0 N–H and O–H groups in total. The topological polar surface area (TPSA) is 78.0 Å². The third-order valence-corrected chi connectivity index (χ3v) is 3.17. The second kappa shape index (κ2) is 5.64. The van der Waals surface area contributed by atoms with Crippen molar-refractivity contribution in [2.75, 3.05) is 0 Å². The summed E-state index contributed by atoms with van der Waals surface area (Å²) in [6.45, 7) is 3.58. The molecular formula is C14H15N3O3. The van der Waals surface area contributed by atoms with Crippen LogP contribution in [-0.2, 0) is 6.54 Å². The molecule has 1 aromatic heterocycles. The molecule has 1 aromatic carbocycles. The van der Waals surface area contributed by atoms with Crippen LogP contribution in [0.2, 0.25) is 0 Å². The van der Waals surface area contributed by atoms with Crippen LogP contribution >= 0.6 is 0 Å². The number of aryl methyl sites for hydroxylation is 2. The van der Waals surface area contributed by atoms with Crippen molar-refractivity contribution in [2.24, 2.45) is 0 Å². The van der Waals surface area contributed by atoms with Gasteiger partial charge >= 0.3 is 5.69 Å². The summed E-state index contributed by atoms with van der Waals surface area (Å²) in [5.74, 6) is 0.000746. The van der Waals surface area contributed by atoms with E-state index in [0.29, 0.717) is 23.5 Å². The van der Waals surface area contributed by atoms with Gasteiger partial charge in [0, 0.05) is 18.5 Å². The molecule has 0 aliphatic carbocycles. The van der Waals surface area contributed by atoms with Crippen LogP contribution in [0.4, 0.5) is 5.69 Å². The van der Waals surface area contributed by atoms with Crippen molar-refractivity contribution in [3.8, 4) is 0 Å². The Morgan fingerprint density at radius 3 is 2.50 bits per heavy atom. The lowest BCUT2D eigenvalue weighted by Crippen LogP contribution is -2.08. The van der Waals surface area contributed by atoms with E-state index in [1.54, 1.807) is 38.1 Å².